The molecule has 4 nitrogen and oxygen atoms in total. The van der Waals surface area contributed by atoms with Crippen molar-refractivity contribution in [3.05, 3.63) is 0 Å². The highest BCUT2D eigenvalue weighted by molar-refractivity contribution is 5.76. The fourth-order valence-corrected chi connectivity index (χ4v) is 1.71. The summed E-state index contributed by atoms with van der Waals surface area (Å²) in [6, 6.07) is 0. The van der Waals surface area contributed by atoms with Crippen LogP contribution < -0.4 is 0 Å². The Hall–Kier alpha value is -0.610. The van der Waals surface area contributed by atoms with Crippen LogP contribution in [0.25, 0.3) is 0 Å². The lowest BCUT2D eigenvalue weighted by Gasteiger charge is -2.25. The van der Waals surface area contributed by atoms with Crippen LogP contribution in [0.4, 0.5) is 0 Å². The summed E-state index contributed by atoms with van der Waals surface area (Å²) >= 11 is 0. The maximum atomic E-state index is 10.6. The Bertz CT molecular complexity index is 227. The van der Waals surface area contributed by atoms with E-state index in [1.54, 1.807) is 0 Å². The molecule has 3 unspecified atom stereocenters. The molecule has 1 aliphatic carbocycles. The average Bonchev–Trinajstić information content (AvgIpc) is 2.64. The van der Waals surface area contributed by atoms with E-state index in [1.165, 1.54) is 13.3 Å². The standard InChI is InChI=1S/C10H19NO3/c1-7-4-8(7)5-11(3)6-10(2,14)9(12)13/h7-8,14H,4-6H2,1-3H3,(H,12,13). The monoisotopic (exact) mass is 201 g/mol. The van der Waals surface area contributed by atoms with Gasteiger partial charge in [0.25, 0.3) is 0 Å². The number of likely N-dealkylation sites (N-methyl/N-ethyl adjacent to an activating group) is 1. The SMILES string of the molecule is CC1CC1CN(C)CC(C)(O)C(=O)O. The van der Waals surface area contributed by atoms with Crippen molar-refractivity contribution in [1.82, 2.24) is 4.90 Å². The summed E-state index contributed by atoms with van der Waals surface area (Å²) in [6.07, 6.45) is 1.22. The van der Waals surface area contributed by atoms with Crippen molar-refractivity contribution in [2.24, 2.45) is 11.8 Å². The van der Waals surface area contributed by atoms with Crippen molar-refractivity contribution in [3.8, 4) is 0 Å². The summed E-state index contributed by atoms with van der Waals surface area (Å²) in [5.41, 5.74) is -1.63. The van der Waals surface area contributed by atoms with Gasteiger partial charge in [-0.05, 0) is 32.2 Å². The molecule has 0 spiro atoms. The van der Waals surface area contributed by atoms with Crippen LogP contribution in [0.1, 0.15) is 20.3 Å². The Balaban J connectivity index is 2.32. The fraction of sp³-hybridized carbons (Fsp3) is 0.900. The second kappa shape index (κ2) is 3.87. The van der Waals surface area contributed by atoms with E-state index in [0.717, 1.165) is 12.5 Å². The van der Waals surface area contributed by atoms with Crippen LogP contribution >= 0.6 is 0 Å². The molecule has 0 saturated heterocycles. The van der Waals surface area contributed by atoms with E-state index in [1.807, 2.05) is 11.9 Å². The van der Waals surface area contributed by atoms with Gasteiger partial charge in [0.1, 0.15) is 0 Å². The van der Waals surface area contributed by atoms with Crippen molar-refractivity contribution in [2.75, 3.05) is 20.1 Å². The number of carboxylic acid groups (broad SMARTS) is 1. The van der Waals surface area contributed by atoms with Crippen LogP contribution in [-0.4, -0.2) is 46.8 Å². The molecule has 0 heterocycles. The molecule has 82 valence electrons. The van der Waals surface area contributed by atoms with E-state index in [9.17, 15) is 9.90 Å². The molecule has 0 aromatic carbocycles. The zero-order valence-electron chi connectivity index (χ0n) is 9.03. The molecule has 0 amide bonds. The maximum absolute atomic E-state index is 10.6. The van der Waals surface area contributed by atoms with Gasteiger partial charge in [-0.15, -0.1) is 0 Å². The molecule has 0 bridgehead atoms. The largest absolute Gasteiger partial charge is 0.479 e. The highest BCUT2D eigenvalue weighted by atomic mass is 16.4. The number of hydrogen-bond donors (Lipinski definition) is 2. The minimum absolute atomic E-state index is 0.186. The molecule has 3 atom stereocenters. The lowest BCUT2D eigenvalue weighted by atomic mass is 10.1. The van der Waals surface area contributed by atoms with E-state index >= 15 is 0 Å². The number of nitrogens with zero attached hydrogens (tertiary/aromatic N) is 1. The summed E-state index contributed by atoms with van der Waals surface area (Å²) in [5, 5.41) is 18.2. The van der Waals surface area contributed by atoms with Gasteiger partial charge in [-0.2, -0.15) is 0 Å². The minimum Gasteiger partial charge on any atom is -0.479 e. The lowest BCUT2D eigenvalue weighted by Crippen LogP contribution is -2.46. The van der Waals surface area contributed by atoms with Gasteiger partial charge in [0.15, 0.2) is 5.60 Å². The van der Waals surface area contributed by atoms with E-state index in [0.29, 0.717) is 5.92 Å². The molecular formula is C10H19NO3. The zero-order chi connectivity index (χ0) is 10.9. The fourth-order valence-electron chi connectivity index (χ4n) is 1.71. The predicted octanol–water partition coefficient (Wildman–Crippen LogP) is 0.410. The molecule has 14 heavy (non-hydrogen) atoms. The van der Waals surface area contributed by atoms with E-state index in [4.69, 9.17) is 5.11 Å². The summed E-state index contributed by atoms with van der Waals surface area (Å²) < 4.78 is 0. The van der Waals surface area contributed by atoms with Gasteiger partial charge in [0, 0.05) is 13.1 Å². The topological polar surface area (TPSA) is 60.8 Å². The van der Waals surface area contributed by atoms with Crippen LogP contribution in [-0.2, 0) is 4.79 Å². The molecular weight excluding hydrogens is 182 g/mol. The number of rotatable bonds is 5. The Morgan fingerprint density at radius 2 is 2.14 bits per heavy atom. The van der Waals surface area contributed by atoms with Gasteiger partial charge in [-0.1, -0.05) is 6.92 Å². The molecule has 1 fully saturated rings. The second-order valence-corrected chi connectivity index (χ2v) is 4.75. The van der Waals surface area contributed by atoms with Crippen molar-refractivity contribution in [2.45, 2.75) is 25.9 Å². The molecule has 1 rings (SSSR count). The molecule has 1 saturated carbocycles. The number of aliphatic hydroxyl groups is 1. The first-order valence-corrected chi connectivity index (χ1v) is 4.97. The summed E-state index contributed by atoms with van der Waals surface area (Å²) in [7, 11) is 1.85. The second-order valence-electron chi connectivity index (χ2n) is 4.75. The first-order chi connectivity index (χ1) is 6.33. The zero-order valence-corrected chi connectivity index (χ0v) is 9.03. The number of carbonyl (C=O) groups is 1. The van der Waals surface area contributed by atoms with Crippen LogP contribution in [0.15, 0.2) is 0 Å². The molecule has 0 radical (unpaired) electrons. The molecule has 2 N–H and O–H groups in total. The normalized spacial score (nSPS) is 30.1. The summed E-state index contributed by atoms with van der Waals surface area (Å²) in [5.74, 6) is 0.282. The molecule has 4 heteroatoms. The Morgan fingerprint density at radius 1 is 1.64 bits per heavy atom. The Kier molecular flexibility index (Phi) is 3.17. The van der Waals surface area contributed by atoms with Crippen molar-refractivity contribution in [3.63, 3.8) is 0 Å². The first kappa shape index (κ1) is 11.5. The van der Waals surface area contributed by atoms with Crippen molar-refractivity contribution < 1.29 is 15.0 Å². The van der Waals surface area contributed by atoms with Crippen LogP contribution in [0.5, 0.6) is 0 Å². The van der Waals surface area contributed by atoms with Crippen molar-refractivity contribution in [1.29, 1.82) is 0 Å². The molecule has 1 aliphatic rings. The van der Waals surface area contributed by atoms with Crippen LogP contribution in [0.2, 0.25) is 0 Å². The third kappa shape index (κ3) is 2.96. The Morgan fingerprint density at radius 3 is 2.50 bits per heavy atom. The van der Waals surface area contributed by atoms with Gasteiger partial charge in [-0.25, -0.2) is 4.79 Å². The quantitative estimate of drug-likeness (QED) is 0.676. The Labute approximate surface area is 84.5 Å². The highest BCUT2D eigenvalue weighted by Crippen LogP contribution is 2.38. The first-order valence-electron chi connectivity index (χ1n) is 4.97. The third-order valence-corrected chi connectivity index (χ3v) is 2.86. The van der Waals surface area contributed by atoms with Gasteiger partial charge in [0.05, 0.1) is 0 Å². The van der Waals surface area contributed by atoms with Gasteiger partial charge in [-0.3, -0.25) is 0 Å². The summed E-state index contributed by atoms with van der Waals surface area (Å²) in [4.78, 5) is 12.5. The molecule has 0 aromatic heterocycles. The predicted molar refractivity (Wildman–Crippen MR) is 53.0 cm³/mol. The number of hydrogen-bond acceptors (Lipinski definition) is 3. The van der Waals surface area contributed by atoms with Gasteiger partial charge in [0.2, 0.25) is 0 Å². The van der Waals surface area contributed by atoms with E-state index in [2.05, 4.69) is 6.92 Å². The van der Waals surface area contributed by atoms with Gasteiger partial charge < -0.3 is 15.1 Å². The minimum atomic E-state index is -1.63. The van der Waals surface area contributed by atoms with Crippen LogP contribution in [0, 0.1) is 11.8 Å². The van der Waals surface area contributed by atoms with Crippen LogP contribution in [0.3, 0.4) is 0 Å². The average molecular weight is 201 g/mol. The lowest BCUT2D eigenvalue weighted by molar-refractivity contribution is -0.158. The third-order valence-electron chi connectivity index (χ3n) is 2.86. The molecule has 0 aliphatic heterocycles. The smallest absolute Gasteiger partial charge is 0.336 e. The van der Waals surface area contributed by atoms with Crippen molar-refractivity contribution >= 4 is 5.97 Å². The number of carboxylic acids is 1. The maximum Gasteiger partial charge on any atom is 0.336 e. The molecule has 0 aromatic rings. The van der Waals surface area contributed by atoms with E-state index in [-0.39, 0.29) is 6.54 Å². The van der Waals surface area contributed by atoms with Gasteiger partial charge >= 0.3 is 5.97 Å². The number of aliphatic carboxylic acids is 1. The highest BCUT2D eigenvalue weighted by Gasteiger charge is 2.36. The van der Waals surface area contributed by atoms with E-state index < -0.39 is 11.6 Å². The summed E-state index contributed by atoms with van der Waals surface area (Å²) in [6.45, 7) is 4.59.